The van der Waals surface area contributed by atoms with Crippen molar-refractivity contribution in [1.82, 2.24) is 4.98 Å². The summed E-state index contributed by atoms with van der Waals surface area (Å²) in [5, 5.41) is 3.24. The summed E-state index contributed by atoms with van der Waals surface area (Å²) in [4.78, 5) is 4.36. The molecule has 0 fully saturated rings. The first kappa shape index (κ1) is 14.4. The predicted molar refractivity (Wildman–Crippen MR) is 76.9 cm³/mol. The van der Waals surface area contributed by atoms with Gasteiger partial charge in [0.2, 0.25) is 5.88 Å². The summed E-state index contributed by atoms with van der Waals surface area (Å²) in [7, 11) is 0. The average Bonchev–Trinajstić information content (AvgIpc) is 2.34. The van der Waals surface area contributed by atoms with Crippen LogP contribution in [-0.2, 0) is 0 Å². The van der Waals surface area contributed by atoms with Crippen LogP contribution in [0.1, 0.15) is 27.2 Å². The molecule has 0 aliphatic carbocycles. The predicted octanol–water partition coefficient (Wildman–Crippen LogP) is 3.08. The van der Waals surface area contributed by atoms with Gasteiger partial charge in [-0.1, -0.05) is 26.0 Å². The highest BCUT2D eigenvalue weighted by atomic mass is 16.5. The largest absolute Gasteiger partial charge is 0.476 e. The van der Waals surface area contributed by atoms with Gasteiger partial charge < -0.3 is 15.8 Å². The standard InChI is InChI=1S/C14H23N3O/c1-4-5-6-9-16-13-8-7-12(15)14(17-13)18-10-11(2)3/h4-5,7-8,11H,6,9-10,15H2,1-3H3,(H,16,17)/b5-4+. The van der Waals surface area contributed by atoms with Crippen molar-refractivity contribution in [3.63, 3.8) is 0 Å². The average molecular weight is 249 g/mol. The number of nitrogens with zero attached hydrogens (tertiary/aromatic N) is 1. The van der Waals surface area contributed by atoms with E-state index in [0.717, 1.165) is 18.8 Å². The van der Waals surface area contributed by atoms with Crippen molar-refractivity contribution >= 4 is 11.5 Å². The van der Waals surface area contributed by atoms with Gasteiger partial charge in [-0.2, -0.15) is 4.98 Å². The minimum Gasteiger partial charge on any atom is -0.476 e. The number of nitrogens with two attached hydrogens (primary N) is 1. The first-order chi connectivity index (χ1) is 8.63. The lowest BCUT2D eigenvalue weighted by Crippen LogP contribution is -2.09. The Balaban J connectivity index is 2.56. The fourth-order valence-electron chi connectivity index (χ4n) is 1.36. The van der Waals surface area contributed by atoms with E-state index in [2.05, 4.69) is 30.2 Å². The summed E-state index contributed by atoms with van der Waals surface area (Å²) in [5.74, 6) is 1.77. The molecule has 0 amide bonds. The molecule has 0 aliphatic rings. The Morgan fingerprint density at radius 3 is 2.89 bits per heavy atom. The Kier molecular flexibility index (Phi) is 6.05. The van der Waals surface area contributed by atoms with Crippen LogP contribution in [0.2, 0.25) is 0 Å². The first-order valence-corrected chi connectivity index (χ1v) is 6.37. The summed E-state index contributed by atoms with van der Waals surface area (Å²) in [5.41, 5.74) is 6.40. The van der Waals surface area contributed by atoms with Crippen LogP contribution in [0.4, 0.5) is 11.5 Å². The number of pyridine rings is 1. The van der Waals surface area contributed by atoms with Crippen LogP contribution in [-0.4, -0.2) is 18.1 Å². The van der Waals surface area contributed by atoms with Crippen molar-refractivity contribution in [3.05, 3.63) is 24.3 Å². The highest BCUT2D eigenvalue weighted by molar-refractivity contribution is 5.53. The topological polar surface area (TPSA) is 60.2 Å². The summed E-state index contributed by atoms with van der Waals surface area (Å²) >= 11 is 0. The van der Waals surface area contributed by atoms with E-state index in [0.29, 0.717) is 24.1 Å². The minimum absolute atomic E-state index is 0.456. The molecule has 18 heavy (non-hydrogen) atoms. The molecular weight excluding hydrogens is 226 g/mol. The minimum atomic E-state index is 0.456. The maximum atomic E-state index is 5.83. The fraction of sp³-hybridized carbons (Fsp3) is 0.500. The molecule has 0 aliphatic heterocycles. The zero-order chi connectivity index (χ0) is 13.4. The van der Waals surface area contributed by atoms with E-state index in [-0.39, 0.29) is 0 Å². The Morgan fingerprint density at radius 1 is 1.44 bits per heavy atom. The molecule has 0 unspecified atom stereocenters. The van der Waals surface area contributed by atoms with E-state index in [1.54, 1.807) is 0 Å². The molecule has 1 heterocycles. The molecule has 0 aromatic carbocycles. The van der Waals surface area contributed by atoms with Crippen LogP contribution in [0.3, 0.4) is 0 Å². The third-order valence-electron chi connectivity index (χ3n) is 2.30. The van der Waals surface area contributed by atoms with Crippen molar-refractivity contribution in [3.8, 4) is 5.88 Å². The number of ether oxygens (including phenoxy) is 1. The summed E-state index contributed by atoms with van der Waals surface area (Å²) in [6, 6.07) is 3.69. The van der Waals surface area contributed by atoms with Crippen LogP contribution < -0.4 is 15.8 Å². The van der Waals surface area contributed by atoms with E-state index >= 15 is 0 Å². The second-order valence-electron chi connectivity index (χ2n) is 4.58. The summed E-state index contributed by atoms with van der Waals surface area (Å²) in [6.45, 7) is 7.67. The van der Waals surface area contributed by atoms with E-state index in [4.69, 9.17) is 10.5 Å². The molecule has 1 rings (SSSR count). The lowest BCUT2D eigenvalue weighted by Gasteiger charge is -2.11. The van der Waals surface area contributed by atoms with Gasteiger partial charge in [-0.3, -0.25) is 0 Å². The molecule has 0 spiro atoms. The molecule has 0 saturated heterocycles. The highest BCUT2D eigenvalue weighted by Crippen LogP contribution is 2.21. The monoisotopic (exact) mass is 249 g/mol. The zero-order valence-electron chi connectivity index (χ0n) is 11.4. The molecule has 1 aromatic rings. The van der Waals surface area contributed by atoms with Gasteiger partial charge in [0.1, 0.15) is 5.82 Å². The third-order valence-corrected chi connectivity index (χ3v) is 2.30. The van der Waals surface area contributed by atoms with Crippen LogP contribution in [0.15, 0.2) is 24.3 Å². The number of hydrogen-bond acceptors (Lipinski definition) is 4. The number of anilines is 2. The Morgan fingerprint density at radius 2 is 2.22 bits per heavy atom. The number of hydrogen-bond donors (Lipinski definition) is 2. The molecular formula is C14H23N3O. The number of aromatic nitrogens is 1. The number of allylic oxidation sites excluding steroid dienone is 1. The van der Waals surface area contributed by atoms with Crippen molar-refractivity contribution < 1.29 is 4.74 Å². The maximum Gasteiger partial charge on any atom is 0.239 e. The lowest BCUT2D eigenvalue weighted by atomic mass is 10.2. The van der Waals surface area contributed by atoms with Crippen molar-refractivity contribution in [2.45, 2.75) is 27.2 Å². The van der Waals surface area contributed by atoms with E-state index < -0.39 is 0 Å². The molecule has 0 bridgehead atoms. The number of nitrogen functional groups attached to an aromatic ring is 1. The van der Waals surface area contributed by atoms with Gasteiger partial charge in [-0.15, -0.1) is 0 Å². The molecule has 1 aromatic heterocycles. The molecule has 100 valence electrons. The number of nitrogens with one attached hydrogen (secondary N) is 1. The van der Waals surface area contributed by atoms with Gasteiger partial charge in [0.15, 0.2) is 0 Å². The zero-order valence-corrected chi connectivity index (χ0v) is 11.4. The maximum absolute atomic E-state index is 5.83. The molecule has 0 atom stereocenters. The molecule has 4 heteroatoms. The van der Waals surface area contributed by atoms with Crippen molar-refractivity contribution in [2.24, 2.45) is 5.92 Å². The first-order valence-electron chi connectivity index (χ1n) is 6.37. The molecule has 3 N–H and O–H groups in total. The fourth-order valence-corrected chi connectivity index (χ4v) is 1.36. The normalized spacial score (nSPS) is 11.1. The molecule has 4 nitrogen and oxygen atoms in total. The van der Waals surface area contributed by atoms with Crippen molar-refractivity contribution in [2.75, 3.05) is 24.2 Å². The van der Waals surface area contributed by atoms with E-state index in [1.165, 1.54) is 0 Å². The van der Waals surface area contributed by atoms with Crippen molar-refractivity contribution in [1.29, 1.82) is 0 Å². The van der Waals surface area contributed by atoms with Crippen LogP contribution in [0.5, 0.6) is 5.88 Å². The SMILES string of the molecule is C/C=C/CCNc1ccc(N)c(OCC(C)C)n1. The van der Waals surface area contributed by atoms with Gasteiger partial charge in [0, 0.05) is 6.54 Å². The quantitative estimate of drug-likeness (QED) is 0.576. The van der Waals surface area contributed by atoms with Gasteiger partial charge in [0.25, 0.3) is 0 Å². The van der Waals surface area contributed by atoms with E-state index in [1.807, 2.05) is 25.1 Å². The second-order valence-corrected chi connectivity index (χ2v) is 4.58. The Bertz CT molecular complexity index is 389. The van der Waals surface area contributed by atoms with Crippen LogP contribution >= 0.6 is 0 Å². The summed E-state index contributed by atoms with van der Waals surface area (Å²) in [6.07, 6.45) is 5.13. The van der Waals surface area contributed by atoms with Crippen LogP contribution in [0, 0.1) is 5.92 Å². The second kappa shape index (κ2) is 7.58. The third kappa shape index (κ3) is 5.08. The molecule has 0 radical (unpaired) electrons. The number of rotatable bonds is 7. The summed E-state index contributed by atoms with van der Waals surface area (Å²) < 4.78 is 5.58. The van der Waals surface area contributed by atoms with Gasteiger partial charge in [-0.25, -0.2) is 0 Å². The highest BCUT2D eigenvalue weighted by Gasteiger charge is 2.05. The Hall–Kier alpha value is -1.71. The van der Waals surface area contributed by atoms with Gasteiger partial charge >= 0.3 is 0 Å². The van der Waals surface area contributed by atoms with Gasteiger partial charge in [0.05, 0.1) is 12.3 Å². The Labute approximate surface area is 109 Å². The van der Waals surface area contributed by atoms with E-state index in [9.17, 15) is 0 Å². The van der Waals surface area contributed by atoms with Gasteiger partial charge in [-0.05, 0) is 31.4 Å². The van der Waals surface area contributed by atoms with Crippen LogP contribution in [0.25, 0.3) is 0 Å². The smallest absolute Gasteiger partial charge is 0.239 e. The molecule has 0 saturated carbocycles. The lowest BCUT2D eigenvalue weighted by molar-refractivity contribution is 0.263.